The number of nitrogens with zero attached hydrogens (tertiary/aromatic N) is 2. The lowest BCUT2D eigenvalue weighted by Crippen LogP contribution is -2.39. The van der Waals surface area contributed by atoms with E-state index >= 15 is 0 Å². The van der Waals surface area contributed by atoms with E-state index < -0.39 is 0 Å². The third-order valence-corrected chi connectivity index (χ3v) is 4.34. The highest BCUT2D eigenvalue weighted by atomic mass is 32.2. The predicted molar refractivity (Wildman–Crippen MR) is 73.4 cm³/mol. The summed E-state index contributed by atoms with van der Waals surface area (Å²) in [4.78, 5) is 3.48. The van der Waals surface area contributed by atoms with Crippen LogP contribution in [-0.4, -0.2) is 19.8 Å². The van der Waals surface area contributed by atoms with Gasteiger partial charge in [0.1, 0.15) is 0 Å². The zero-order valence-corrected chi connectivity index (χ0v) is 11.3. The van der Waals surface area contributed by atoms with Crippen LogP contribution in [0.5, 0.6) is 0 Å². The molecule has 0 aromatic heterocycles. The number of rotatable bonds is 4. The average molecular weight is 246 g/mol. The zero-order chi connectivity index (χ0) is 12.3. The summed E-state index contributed by atoms with van der Waals surface area (Å²) < 4.78 is 0. The van der Waals surface area contributed by atoms with Crippen molar-refractivity contribution in [1.82, 2.24) is 0 Å². The second-order valence-corrected chi connectivity index (χ2v) is 5.68. The van der Waals surface area contributed by atoms with Gasteiger partial charge in [-0.25, -0.2) is 0 Å². The van der Waals surface area contributed by atoms with Crippen LogP contribution in [0.4, 0.5) is 5.69 Å². The number of thioether (sulfide) groups is 1. The van der Waals surface area contributed by atoms with Crippen LogP contribution in [0.3, 0.4) is 0 Å². The van der Waals surface area contributed by atoms with Crippen LogP contribution in [0.2, 0.25) is 0 Å². The molecule has 1 aliphatic rings. The normalized spacial score (nSPS) is 17.0. The molecule has 0 aliphatic heterocycles. The monoisotopic (exact) mass is 246 g/mol. The maximum absolute atomic E-state index is 9.23. The van der Waals surface area contributed by atoms with Crippen LogP contribution in [0.1, 0.15) is 19.3 Å². The molecule has 1 aromatic carbocycles. The molecule has 0 heterocycles. The summed E-state index contributed by atoms with van der Waals surface area (Å²) in [5, 5.41) is 9.23. The fraction of sp³-hybridized carbons (Fsp3) is 0.500. The largest absolute Gasteiger partial charge is 0.373 e. The Morgan fingerprint density at radius 1 is 1.35 bits per heavy atom. The molecule has 0 amide bonds. The van der Waals surface area contributed by atoms with Crippen LogP contribution in [0.25, 0.3) is 0 Å². The summed E-state index contributed by atoms with van der Waals surface area (Å²) in [6, 6.07) is 11.0. The lowest BCUT2D eigenvalue weighted by atomic mass is 9.69. The third kappa shape index (κ3) is 2.58. The molecule has 0 radical (unpaired) electrons. The Kier molecular flexibility index (Phi) is 3.63. The summed E-state index contributed by atoms with van der Waals surface area (Å²) in [7, 11) is 2.07. The van der Waals surface area contributed by atoms with Crippen LogP contribution in [0.15, 0.2) is 29.2 Å². The fourth-order valence-corrected chi connectivity index (χ4v) is 2.70. The Labute approximate surface area is 108 Å². The van der Waals surface area contributed by atoms with Gasteiger partial charge in [-0.1, -0.05) is 6.42 Å². The standard InChI is InChI=1S/C14H18N2S/c1-16(11-14(10-15)8-3-9-14)12-4-6-13(17-2)7-5-12/h4-7H,3,8-9,11H2,1-2H3. The van der Waals surface area contributed by atoms with Gasteiger partial charge in [-0.05, 0) is 43.4 Å². The van der Waals surface area contributed by atoms with Gasteiger partial charge in [-0.2, -0.15) is 5.26 Å². The van der Waals surface area contributed by atoms with E-state index in [4.69, 9.17) is 0 Å². The molecule has 0 N–H and O–H groups in total. The molecule has 2 rings (SSSR count). The van der Waals surface area contributed by atoms with Crippen molar-refractivity contribution in [3.8, 4) is 6.07 Å². The predicted octanol–water partition coefficient (Wildman–Crippen LogP) is 3.54. The second kappa shape index (κ2) is 5.01. The van der Waals surface area contributed by atoms with Crippen molar-refractivity contribution >= 4 is 17.4 Å². The smallest absolute Gasteiger partial charge is 0.0748 e. The Bertz CT molecular complexity index is 415. The van der Waals surface area contributed by atoms with Crippen molar-refractivity contribution in [3.63, 3.8) is 0 Å². The van der Waals surface area contributed by atoms with E-state index in [0.717, 1.165) is 19.4 Å². The van der Waals surface area contributed by atoms with Crippen molar-refractivity contribution < 1.29 is 0 Å². The zero-order valence-electron chi connectivity index (χ0n) is 10.4. The van der Waals surface area contributed by atoms with Gasteiger partial charge >= 0.3 is 0 Å². The Hall–Kier alpha value is -1.14. The third-order valence-electron chi connectivity index (χ3n) is 3.60. The summed E-state index contributed by atoms with van der Waals surface area (Å²) in [6.07, 6.45) is 5.39. The number of anilines is 1. The van der Waals surface area contributed by atoms with Crippen LogP contribution >= 0.6 is 11.8 Å². The Morgan fingerprint density at radius 2 is 2.00 bits per heavy atom. The minimum atomic E-state index is -0.0903. The summed E-state index contributed by atoms with van der Waals surface area (Å²) in [5.41, 5.74) is 1.11. The molecule has 1 fully saturated rings. The van der Waals surface area contributed by atoms with Crippen LogP contribution < -0.4 is 4.90 Å². The van der Waals surface area contributed by atoms with Gasteiger partial charge in [-0.15, -0.1) is 11.8 Å². The van der Waals surface area contributed by atoms with Crippen molar-refractivity contribution in [3.05, 3.63) is 24.3 Å². The molecule has 1 aromatic rings. The topological polar surface area (TPSA) is 27.0 Å². The van der Waals surface area contributed by atoms with Crippen molar-refractivity contribution in [2.45, 2.75) is 24.2 Å². The molecule has 3 heteroatoms. The van der Waals surface area contributed by atoms with Crippen molar-refractivity contribution in [1.29, 1.82) is 5.26 Å². The quantitative estimate of drug-likeness (QED) is 0.760. The second-order valence-electron chi connectivity index (χ2n) is 4.80. The SMILES string of the molecule is CSc1ccc(N(C)CC2(C#N)CCC2)cc1. The van der Waals surface area contributed by atoms with Crippen molar-refractivity contribution in [2.24, 2.45) is 5.41 Å². The molecule has 0 unspecified atom stereocenters. The van der Waals surface area contributed by atoms with Gasteiger partial charge in [-0.3, -0.25) is 0 Å². The molecule has 90 valence electrons. The van der Waals surface area contributed by atoms with Gasteiger partial charge in [0.25, 0.3) is 0 Å². The lowest BCUT2D eigenvalue weighted by molar-refractivity contribution is 0.223. The van der Waals surface area contributed by atoms with Crippen LogP contribution in [-0.2, 0) is 0 Å². The molecule has 0 saturated heterocycles. The first-order valence-electron chi connectivity index (χ1n) is 5.96. The van der Waals surface area contributed by atoms with Gasteiger partial charge < -0.3 is 4.90 Å². The Balaban J connectivity index is 2.04. The summed E-state index contributed by atoms with van der Waals surface area (Å²) in [6.45, 7) is 0.849. The fourth-order valence-electron chi connectivity index (χ4n) is 2.29. The van der Waals surface area contributed by atoms with Gasteiger partial charge in [0.15, 0.2) is 0 Å². The molecule has 1 saturated carbocycles. The first kappa shape index (κ1) is 12.3. The summed E-state index contributed by atoms with van der Waals surface area (Å²) in [5.74, 6) is 0. The molecule has 0 atom stereocenters. The van der Waals surface area contributed by atoms with E-state index in [-0.39, 0.29) is 5.41 Å². The minimum absolute atomic E-state index is 0.0903. The minimum Gasteiger partial charge on any atom is -0.373 e. The van der Waals surface area contributed by atoms with Gasteiger partial charge in [0.05, 0.1) is 11.5 Å². The molecule has 0 bridgehead atoms. The average Bonchev–Trinajstić information content (AvgIpc) is 2.33. The maximum Gasteiger partial charge on any atom is 0.0748 e. The number of benzene rings is 1. The van der Waals surface area contributed by atoms with E-state index in [0.29, 0.717) is 0 Å². The molecule has 1 aliphatic carbocycles. The van der Waals surface area contributed by atoms with E-state index in [1.54, 1.807) is 11.8 Å². The van der Waals surface area contributed by atoms with Gasteiger partial charge in [0, 0.05) is 24.2 Å². The number of hydrogen-bond acceptors (Lipinski definition) is 3. The van der Waals surface area contributed by atoms with E-state index in [1.165, 1.54) is 17.0 Å². The van der Waals surface area contributed by atoms with E-state index in [9.17, 15) is 5.26 Å². The maximum atomic E-state index is 9.23. The summed E-state index contributed by atoms with van der Waals surface area (Å²) >= 11 is 1.75. The first-order chi connectivity index (χ1) is 8.19. The Morgan fingerprint density at radius 3 is 2.41 bits per heavy atom. The molecule has 17 heavy (non-hydrogen) atoms. The van der Waals surface area contributed by atoms with Crippen LogP contribution in [0, 0.1) is 16.7 Å². The molecule has 0 spiro atoms. The van der Waals surface area contributed by atoms with Crippen molar-refractivity contribution in [2.75, 3.05) is 24.7 Å². The highest BCUT2D eigenvalue weighted by molar-refractivity contribution is 7.98. The highest BCUT2D eigenvalue weighted by Crippen LogP contribution is 2.41. The molecule has 2 nitrogen and oxygen atoms in total. The van der Waals surface area contributed by atoms with E-state index in [2.05, 4.69) is 48.5 Å². The highest BCUT2D eigenvalue weighted by Gasteiger charge is 2.38. The lowest BCUT2D eigenvalue weighted by Gasteiger charge is -2.39. The number of nitriles is 1. The van der Waals surface area contributed by atoms with E-state index in [1.807, 2.05) is 0 Å². The molecular formula is C14H18N2S. The number of hydrogen-bond donors (Lipinski definition) is 0. The van der Waals surface area contributed by atoms with Gasteiger partial charge in [0.2, 0.25) is 0 Å². The molecular weight excluding hydrogens is 228 g/mol. The first-order valence-corrected chi connectivity index (χ1v) is 7.18.